The van der Waals surface area contributed by atoms with E-state index < -0.39 is 82.1 Å². The number of halogens is 6. The highest BCUT2D eigenvalue weighted by atomic mass is 19.4. The Balaban J connectivity index is 1.35. The van der Waals surface area contributed by atoms with Crippen molar-refractivity contribution in [3.8, 4) is 17.4 Å². The number of piperazine rings is 1. The number of hydrogen-bond donors (Lipinski definition) is 2. The average Bonchev–Trinajstić information content (AvgIpc) is 3.48. The van der Waals surface area contributed by atoms with E-state index in [9.17, 15) is 31.9 Å². The molecular formula is C32H30F6N6O3. The smallest absolute Gasteiger partial charge is 0.431 e. The number of alkyl halides is 4. The van der Waals surface area contributed by atoms with Gasteiger partial charge in [-0.2, -0.15) is 23.1 Å². The monoisotopic (exact) mass is 663 g/mol. The molecule has 2 N–H and O–H groups in total. The molecule has 15 heteroatoms. The lowest BCUT2D eigenvalue weighted by Crippen LogP contribution is -2.61. The number of aromatic hydroxyl groups is 1. The van der Waals surface area contributed by atoms with Crippen LogP contribution in [0.2, 0.25) is 0 Å². The molecule has 0 aliphatic carbocycles. The number of nitrogens with one attached hydrogen (secondary N) is 1. The molecule has 248 valence electrons. The largest absolute Gasteiger partial charge is 0.508 e. The van der Waals surface area contributed by atoms with Crippen molar-refractivity contribution < 1.29 is 40.3 Å². The summed E-state index contributed by atoms with van der Waals surface area (Å²) < 4.78 is 120. The van der Waals surface area contributed by atoms with Crippen molar-refractivity contribution in [2.24, 2.45) is 0 Å². The van der Waals surface area contributed by atoms with Gasteiger partial charge in [-0.05, 0) is 55.8 Å². The van der Waals surface area contributed by atoms with Crippen LogP contribution in [0.5, 0.6) is 11.8 Å². The van der Waals surface area contributed by atoms with Gasteiger partial charge in [-0.3, -0.25) is 14.3 Å². The van der Waals surface area contributed by atoms with Crippen LogP contribution >= 0.6 is 0 Å². The van der Waals surface area contributed by atoms with Crippen LogP contribution in [0.15, 0.2) is 35.1 Å². The standard InChI is InChI=1S/C32H30F6N6O3/c33-17-11-31(6-1-7-42(31)13-17)15-47-30-40-27-21(28(41-30)43-14-18-3-4-19(43)12-39-18)10-24(32(36,37)38)44(29(27)46)23-9-20(45)8-16-2-5-22(34)26(35)25(16)23/h2,5,8-10,17-19,39,45H,1,3-4,6-7,11-15H2/t17-,18?,19?,31+/m1/s1/i7D2,17D. The molecule has 9 rings (SSSR count). The minimum atomic E-state index is -5.22. The van der Waals surface area contributed by atoms with E-state index in [2.05, 4.69) is 15.3 Å². The first-order valence-electron chi connectivity index (χ1n) is 16.7. The summed E-state index contributed by atoms with van der Waals surface area (Å²) in [5.41, 5.74) is -5.51. The number of fused-ring (bicyclic) bond motifs is 6. The Morgan fingerprint density at radius 3 is 2.72 bits per heavy atom. The SMILES string of the molecule is [2H]C1([2H])CC[C@@]2(COc3nc(N4CC5CCC4CN5)c4cc(C(F)(F)F)n(-c5cc(O)cc6ccc(F)c(F)c56)c(=O)c4n3)C[C@@]([2H])(F)CN12. The van der Waals surface area contributed by atoms with E-state index in [1.807, 2.05) is 0 Å². The number of phenolic OH excluding ortho intramolecular Hbond substituents is 1. The number of aromatic nitrogens is 3. The maximum absolute atomic E-state index is 15.3. The molecule has 0 saturated carbocycles. The summed E-state index contributed by atoms with van der Waals surface area (Å²) in [4.78, 5) is 26.1. The topological polar surface area (TPSA) is 95.8 Å². The molecule has 0 spiro atoms. The van der Waals surface area contributed by atoms with Crippen molar-refractivity contribution in [2.75, 3.05) is 37.6 Å². The Morgan fingerprint density at radius 2 is 2.00 bits per heavy atom. The minimum absolute atomic E-state index is 0.0187. The van der Waals surface area contributed by atoms with E-state index in [4.69, 9.17) is 8.85 Å². The number of pyridine rings is 1. The number of piperidine rings is 2. The van der Waals surface area contributed by atoms with Gasteiger partial charge in [0.2, 0.25) is 0 Å². The van der Waals surface area contributed by atoms with Gasteiger partial charge >= 0.3 is 12.2 Å². The van der Waals surface area contributed by atoms with Crippen LogP contribution in [0, 0.1) is 11.6 Å². The van der Waals surface area contributed by atoms with E-state index >= 15 is 4.39 Å². The Bertz CT molecular complexity index is 2130. The van der Waals surface area contributed by atoms with E-state index in [1.165, 1.54) is 4.90 Å². The molecule has 47 heavy (non-hydrogen) atoms. The number of rotatable bonds is 5. The first-order valence-corrected chi connectivity index (χ1v) is 15.2. The predicted molar refractivity (Wildman–Crippen MR) is 160 cm³/mol. The van der Waals surface area contributed by atoms with E-state index in [0.29, 0.717) is 25.6 Å². The Kier molecular flexibility index (Phi) is 6.13. The van der Waals surface area contributed by atoms with Gasteiger partial charge in [-0.15, -0.1) is 0 Å². The van der Waals surface area contributed by atoms with Crippen LogP contribution in [0.1, 0.15) is 41.9 Å². The summed E-state index contributed by atoms with van der Waals surface area (Å²) in [6.45, 7) is -1.98. The van der Waals surface area contributed by atoms with Crippen molar-refractivity contribution in [2.45, 2.75) is 62.1 Å². The fourth-order valence-corrected chi connectivity index (χ4v) is 7.50. The summed E-state index contributed by atoms with van der Waals surface area (Å²) in [6, 6.07) is 3.53. The summed E-state index contributed by atoms with van der Waals surface area (Å²) in [5, 5.41) is 12.7. The molecular weight excluding hydrogens is 630 g/mol. The van der Waals surface area contributed by atoms with Crippen molar-refractivity contribution in [3.63, 3.8) is 0 Å². The molecule has 5 aliphatic heterocycles. The van der Waals surface area contributed by atoms with Gasteiger partial charge in [0.25, 0.3) is 5.56 Å². The van der Waals surface area contributed by atoms with Crippen LogP contribution < -0.4 is 20.5 Å². The summed E-state index contributed by atoms with van der Waals surface area (Å²) in [6.07, 6.45) is -6.40. The van der Waals surface area contributed by atoms with Gasteiger partial charge in [0.1, 0.15) is 35.5 Å². The molecule has 9 nitrogen and oxygen atoms in total. The third kappa shape index (κ3) is 4.88. The molecule has 5 fully saturated rings. The first kappa shape index (κ1) is 26.9. The van der Waals surface area contributed by atoms with Gasteiger partial charge in [0.05, 0.1) is 18.0 Å². The summed E-state index contributed by atoms with van der Waals surface area (Å²) in [7, 11) is 0. The number of ether oxygens (including phenoxy) is 1. The van der Waals surface area contributed by atoms with E-state index in [1.54, 1.807) is 4.90 Å². The molecule has 2 bridgehead atoms. The quantitative estimate of drug-likeness (QED) is 0.294. The average molecular weight is 664 g/mol. The molecule has 5 aliphatic rings. The second kappa shape index (κ2) is 10.7. The van der Waals surface area contributed by atoms with Gasteiger partial charge in [-0.25, -0.2) is 13.2 Å². The van der Waals surface area contributed by atoms with Crippen LogP contribution in [-0.2, 0) is 6.18 Å². The lowest BCUT2D eigenvalue weighted by atomic mass is 9.93. The van der Waals surface area contributed by atoms with E-state index in [-0.39, 0.29) is 59.1 Å². The summed E-state index contributed by atoms with van der Waals surface area (Å²) >= 11 is 0. The highest BCUT2D eigenvalue weighted by Crippen LogP contribution is 2.42. The highest BCUT2D eigenvalue weighted by Gasteiger charge is 2.49. The zero-order valence-corrected chi connectivity index (χ0v) is 24.7. The minimum Gasteiger partial charge on any atom is -0.508 e. The van der Waals surface area contributed by atoms with Crippen LogP contribution in [-0.4, -0.2) is 81.0 Å². The first-order chi connectivity index (χ1) is 23.5. The van der Waals surface area contributed by atoms with Crippen molar-refractivity contribution in [1.82, 2.24) is 24.8 Å². The van der Waals surface area contributed by atoms with Gasteiger partial charge < -0.3 is 20.1 Å². The number of nitrogens with zero attached hydrogens (tertiary/aromatic N) is 5. The Morgan fingerprint density at radius 1 is 1.17 bits per heavy atom. The van der Waals surface area contributed by atoms with Crippen LogP contribution in [0.25, 0.3) is 27.4 Å². The second-order valence-electron chi connectivity index (χ2n) is 12.6. The molecule has 0 radical (unpaired) electrons. The third-order valence-corrected chi connectivity index (χ3v) is 9.74. The fraction of sp³-hybridized carbons (Fsp3) is 0.469. The highest BCUT2D eigenvalue weighted by molar-refractivity contribution is 5.94. The molecule has 5 saturated heterocycles. The van der Waals surface area contributed by atoms with Crippen LogP contribution in [0.4, 0.5) is 32.2 Å². The molecule has 0 amide bonds. The normalized spacial score (nSPS) is 29.7. The lowest BCUT2D eigenvalue weighted by molar-refractivity contribution is -0.142. The van der Waals surface area contributed by atoms with Crippen molar-refractivity contribution in [1.29, 1.82) is 0 Å². The molecule has 2 unspecified atom stereocenters. The number of phenols is 1. The van der Waals surface area contributed by atoms with Gasteiger partial charge in [0.15, 0.2) is 11.6 Å². The van der Waals surface area contributed by atoms with Crippen LogP contribution in [0.3, 0.4) is 0 Å². The molecule has 4 aromatic rings. The maximum atomic E-state index is 15.3. The molecule has 2 aromatic carbocycles. The van der Waals surface area contributed by atoms with Gasteiger partial charge in [-0.1, -0.05) is 6.07 Å². The molecule has 4 atom stereocenters. The number of benzene rings is 2. The molecule has 2 aromatic heterocycles. The number of hydrogen-bond acceptors (Lipinski definition) is 8. The Hall–Kier alpha value is -4.11. The summed E-state index contributed by atoms with van der Waals surface area (Å²) in [5.74, 6) is -3.56. The number of anilines is 1. The zero-order chi connectivity index (χ0) is 35.5. The lowest BCUT2D eigenvalue weighted by Gasteiger charge is -2.46. The van der Waals surface area contributed by atoms with Crippen molar-refractivity contribution >= 4 is 27.5 Å². The van der Waals surface area contributed by atoms with E-state index in [0.717, 1.165) is 30.7 Å². The molecule has 7 heterocycles. The zero-order valence-electron chi connectivity index (χ0n) is 27.7. The fourth-order valence-electron chi connectivity index (χ4n) is 7.50. The second-order valence-corrected chi connectivity index (χ2v) is 12.6. The Labute approximate surface area is 268 Å². The maximum Gasteiger partial charge on any atom is 0.431 e. The third-order valence-electron chi connectivity index (χ3n) is 9.74. The predicted octanol–water partition coefficient (Wildman–Crippen LogP) is 4.83. The van der Waals surface area contributed by atoms with Gasteiger partial charge in [0, 0.05) is 52.3 Å². The van der Waals surface area contributed by atoms with Crippen molar-refractivity contribution in [3.05, 3.63) is 58.0 Å².